The topological polar surface area (TPSA) is 109 Å². The number of aliphatic hydroxyl groups excluding tert-OH is 4. The summed E-state index contributed by atoms with van der Waals surface area (Å²) < 4.78 is 16.3. The van der Waals surface area contributed by atoms with Crippen LogP contribution >= 0.6 is 0 Å². The maximum absolute atomic E-state index is 9.34. The van der Waals surface area contributed by atoms with Crippen LogP contribution in [0.15, 0.2) is 0 Å². The van der Waals surface area contributed by atoms with Crippen molar-refractivity contribution in [1.29, 1.82) is 0 Å². The van der Waals surface area contributed by atoms with E-state index < -0.39 is 18.3 Å². The minimum absolute atomic E-state index is 0.00649. The van der Waals surface area contributed by atoms with Crippen molar-refractivity contribution < 1.29 is 34.6 Å². The van der Waals surface area contributed by atoms with Crippen LogP contribution in [0.4, 0.5) is 0 Å². The summed E-state index contributed by atoms with van der Waals surface area (Å²) in [6.45, 7) is 2.63. The molecule has 0 aliphatic rings. The molecule has 0 fully saturated rings. The summed E-state index contributed by atoms with van der Waals surface area (Å²) in [5, 5.41) is 36.1. The molecule has 0 spiro atoms. The van der Waals surface area contributed by atoms with E-state index >= 15 is 0 Å². The van der Waals surface area contributed by atoms with Gasteiger partial charge in [-0.15, -0.1) is 0 Å². The van der Waals surface area contributed by atoms with Gasteiger partial charge in [0.25, 0.3) is 0 Å². The third kappa shape index (κ3) is 15.3. The Morgan fingerprint density at radius 2 is 1.29 bits per heavy atom. The summed E-state index contributed by atoms with van der Waals surface area (Å²) in [6.07, 6.45) is 4.91. The summed E-state index contributed by atoms with van der Waals surface area (Å²) in [5.41, 5.74) is 0. The van der Waals surface area contributed by atoms with Gasteiger partial charge in [-0.1, -0.05) is 39.0 Å². The molecule has 0 saturated carbocycles. The first-order valence-electron chi connectivity index (χ1n) is 8.98. The van der Waals surface area contributed by atoms with Crippen molar-refractivity contribution in [2.45, 2.75) is 63.8 Å². The minimum Gasteiger partial charge on any atom is -0.394 e. The average Bonchev–Trinajstić information content (AvgIpc) is 2.60. The van der Waals surface area contributed by atoms with Gasteiger partial charge in [0.1, 0.15) is 18.3 Å². The first kappa shape index (κ1) is 23.7. The number of unbranched alkanes of at least 4 members (excludes halogenated alkanes) is 5. The van der Waals surface area contributed by atoms with Crippen LogP contribution in [0.25, 0.3) is 0 Å². The summed E-state index contributed by atoms with van der Waals surface area (Å²) in [6, 6.07) is 0. The fourth-order valence-electron chi connectivity index (χ4n) is 2.03. The molecule has 3 atom stereocenters. The fourth-order valence-corrected chi connectivity index (χ4v) is 2.03. The molecule has 0 amide bonds. The Balaban J connectivity index is 3.83. The Morgan fingerprint density at radius 1 is 0.708 bits per heavy atom. The maximum Gasteiger partial charge on any atom is 0.104 e. The number of aliphatic hydroxyl groups is 4. The summed E-state index contributed by atoms with van der Waals surface area (Å²) >= 11 is 0. The van der Waals surface area contributed by atoms with Crippen LogP contribution in [0.1, 0.15) is 45.4 Å². The molecule has 0 aliphatic heterocycles. The highest BCUT2D eigenvalue weighted by molar-refractivity contribution is 4.60. The van der Waals surface area contributed by atoms with Gasteiger partial charge < -0.3 is 34.6 Å². The molecule has 7 heteroatoms. The SMILES string of the molecule is CCCCCCCCOCC(COCC(O)CO)OCC(O)CO. The van der Waals surface area contributed by atoms with Crippen LogP contribution in [0, 0.1) is 0 Å². The van der Waals surface area contributed by atoms with E-state index in [1.807, 2.05) is 0 Å². The second kappa shape index (κ2) is 17.5. The zero-order valence-corrected chi connectivity index (χ0v) is 14.9. The molecule has 0 aliphatic carbocycles. The molecule has 0 heterocycles. The van der Waals surface area contributed by atoms with Crippen molar-refractivity contribution in [3.63, 3.8) is 0 Å². The number of rotatable bonds is 18. The molecular weight excluding hydrogens is 316 g/mol. The molecule has 3 unspecified atom stereocenters. The first-order chi connectivity index (χ1) is 11.6. The second-order valence-electron chi connectivity index (χ2n) is 6.01. The maximum atomic E-state index is 9.34. The van der Waals surface area contributed by atoms with Gasteiger partial charge in [0.2, 0.25) is 0 Å². The van der Waals surface area contributed by atoms with Gasteiger partial charge in [-0.3, -0.25) is 0 Å². The molecule has 24 heavy (non-hydrogen) atoms. The molecule has 0 rings (SSSR count). The van der Waals surface area contributed by atoms with Crippen LogP contribution in [0.3, 0.4) is 0 Å². The summed E-state index contributed by atoms with van der Waals surface area (Å²) in [4.78, 5) is 0. The van der Waals surface area contributed by atoms with Crippen molar-refractivity contribution in [3.05, 3.63) is 0 Å². The van der Waals surface area contributed by atoms with Crippen molar-refractivity contribution in [3.8, 4) is 0 Å². The first-order valence-corrected chi connectivity index (χ1v) is 8.98. The molecule has 4 N–H and O–H groups in total. The van der Waals surface area contributed by atoms with Gasteiger partial charge in [-0.25, -0.2) is 0 Å². The Kier molecular flexibility index (Phi) is 17.3. The Bertz CT molecular complexity index is 253. The van der Waals surface area contributed by atoms with Crippen LogP contribution < -0.4 is 0 Å². The van der Waals surface area contributed by atoms with Crippen molar-refractivity contribution in [2.75, 3.05) is 46.2 Å². The number of hydrogen-bond acceptors (Lipinski definition) is 7. The monoisotopic (exact) mass is 352 g/mol. The molecule has 0 aromatic heterocycles. The molecule has 0 radical (unpaired) electrons. The normalized spacial score (nSPS) is 15.4. The van der Waals surface area contributed by atoms with E-state index in [1.54, 1.807) is 0 Å². The molecule has 0 saturated heterocycles. The number of hydrogen-bond donors (Lipinski definition) is 4. The number of ether oxygens (including phenoxy) is 3. The third-order valence-corrected chi connectivity index (χ3v) is 3.51. The van der Waals surface area contributed by atoms with Crippen molar-refractivity contribution >= 4 is 0 Å². The Labute approximate surface area is 145 Å². The molecule has 0 aromatic rings. The van der Waals surface area contributed by atoms with E-state index in [4.69, 9.17) is 24.4 Å². The fraction of sp³-hybridized carbons (Fsp3) is 1.00. The predicted octanol–water partition coefficient (Wildman–Crippen LogP) is 0.472. The van der Waals surface area contributed by atoms with Crippen LogP contribution in [-0.4, -0.2) is 85.0 Å². The molecule has 7 nitrogen and oxygen atoms in total. The zero-order valence-electron chi connectivity index (χ0n) is 14.9. The summed E-state index contributed by atoms with van der Waals surface area (Å²) in [7, 11) is 0. The van der Waals surface area contributed by atoms with Crippen LogP contribution in [0.2, 0.25) is 0 Å². The van der Waals surface area contributed by atoms with Crippen molar-refractivity contribution in [2.24, 2.45) is 0 Å². The third-order valence-electron chi connectivity index (χ3n) is 3.51. The van der Waals surface area contributed by atoms with Gasteiger partial charge in [0.15, 0.2) is 0 Å². The van der Waals surface area contributed by atoms with Gasteiger partial charge in [0.05, 0.1) is 39.6 Å². The van der Waals surface area contributed by atoms with Crippen molar-refractivity contribution in [1.82, 2.24) is 0 Å². The molecule has 0 bridgehead atoms. The predicted molar refractivity (Wildman–Crippen MR) is 90.9 cm³/mol. The quantitative estimate of drug-likeness (QED) is 0.266. The highest BCUT2D eigenvalue weighted by Gasteiger charge is 2.14. The Hall–Kier alpha value is -0.280. The van der Waals surface area contributed by atoms with Gasteiger partial charge in [-0.05, 0) is 6.42 Å². The highest BCUT2D eigenvalue weighted by atomic mass is 16.6. The lowest BCUT2D eigenvalue weighted by molar-refractivity contribution is -0.0975. The minimum atomic E-state index is -0.936. The van der Waals surface area contributed by atoms with Gasteiger partial charge in [0, 0.05) is 6.61 Å². The van der Waals surface area contributed by atoms with Gasteiger partial charge >= 0.3 is 0 Å². The largest absolute Gasteiger partial charge is 0.394 e. The highest BCUT2D eigenvalue weighted by Crippen LogP contribution is 2.05. The zero-order chi connectivity index (χ0) is 18.0. The van der Waals surface area contributed by atoms with E-state index in [2.05, 4.69) is 6.92 Å². The lowest BCUT2D eigenvalue weighted by Crippen LogP contribution is -2.32. The molecule has 146 valence electrons. The van der Waals surface area contributed by atoms with E-state index in [-0.39, 0.29) is 33.0 Å². The van der Waals surface area contributed by atoms with E-state index in [1.165, 1.54) is 25.7 Å². The van der Waals surface area contributed by atoms with E-state index in [9.17, 15) is 10.2 Å². The Morgan fingerprint density at radius 3 is 1.96 bits per heavy atom. The smallest absolute Gasteiger partial charge is 0.104 e. The lowest BCUT2D eigenvalue weighted by Gasteiger charge is -2.20. The van der Waals surface area contributed by atoms with Crippen LogP contribution in [-0.2, 0) is 14.2 Å². The second-order valence-corrected chi connectivity index (χ2v) is 6.01. The van der Waals surface area contributed by atoms with Crippen LogP contribution in [0.5, 0.6) is 0 Å². The van der Waals surface area contributed by atoms with Gasteiger partial charge in [-0.2, -0.15) is 0 Å². The standard InChI is InChI=1S/C17H36O7/c1-2-3-4-5-6-7-8-22-13-17(24-12-16(21)10-19)14-23-11-15(20)9-18/h15-21H,2-14H2,1H3. The molecule has 0 aromatic carbocycles. The van der Waals surface area contributed by atoms with E-state index in [0.29, 0.717) is 13.2 Å². The summed E-state index contributed by atoms with van der Waals surface area (Å²) in [5.74, 6) is 0. The average molecular weight is 352 g/mol. The molecular formula is C17H36O7. The van der Waals surface area contributed by atoms with E-state index in [0.717, 1.165) is 12.8 Å². The lowest BCUT2D eigenvalue weighted by atomic mass is 10.1.